The Labute approximate surface area is 157 Å². The maximum Gasteiger partial charge on any atom is 0.267 e. The molecule has 1 amide bonds. The monoisotopic (exact) mass is 371 g/mol. The summed E-state index contributed by atoms with van der Waals surface area (Å²) in [5.74, 6) is 0.688. The van der Waals surface area contributed by atoms with E-state index in [1.807, 2.05) is 6.07 Å². The van der Waals surface area contributed by atoms with E-state index in [1.165, 1.54) is 20.0 Å². The van der Waals surface area contributed by atoms with E-state index in [0.29, 0.717) is 17.4 Å². The molecule has 2 saturated carbocycles. The summed E-state index contributed by atoms with van der Waals surface area (Å²) < 4.78 is 8.39. The lowest BCUT2D eigenvalue weighted by Crippen LogP contribution is -2.39. The number of methoxy groups -OCH3 is 1. The smallest absolute Gasteiger partial charge is 0.267 e. The van der Waals surface area contributed by atoms with Gasteiger partial charge in [0.15, 0.2) is 0 Å². The fraction of sp³-hybridized carbons (Fsp3) is 0.579. The third-order valence-electron chi connectivity index (χ3n) is 5.45. The first-order valence-corrected chi connectivity index (χ1v) is 9.53. The van der Waals surface area contributed by atoms with Gasteiger partial charge in [-0.1, -0.05) is 0 Å². The maximum atomic E-state index is 12.5. The number of rotatable bonds is 5. The molecule has 8 nitrogen and oxygen atoms in total. The van der Waals surface area contributed by atoms with Crippen LogP contribution in [0.1, 0.15) is 66.5 Å². The number of ether oxygens (including phenoxy) is 1. The van der Waals surface area contributed by atoms with Crippen molar-refractivity contribution in [2.45, 2.75) is 56.5 Å². The van der Waals surface area contributed by atoms with Crippen LogP contribution >= 0.6 is 0 Å². The molecule has 0 unspecified atom stereocenters. The van der Waals surface area contributed by atoms with E-state index in [0.717, 1.165) is 31.4 Å². The van der Waals surface area contributed by atoms with E-state index < -0.39 is 0 Å². The zero-order valence-electron chi connectivity index (χ0n) is 15.7. The van der Waals surface area contributed by atoms with Crippen molar-refractivity contribution in [3.05, 3.63) is 39.9 Å². The molecule has 2 heterocycles. The predicted octanol–water partition coefficient (Wildman–Crippen LogP) is 1.78. The standard InChI is InChI=1S/C19H25N5O3/c1-23-11-15(19(22-23)27-2)18(26)20-13-5-7-14(8-6-13)24-17(25)10-9-16(21-24)12-3-4-12/h9-14H,3-8H2,1-2H3,(H,20,26). The summed E-state index contributed by atoms with van der Waals surface area (Å²) in [7, 11) is 3.26. The van der Waals surface area contributed by atoms with Crippen LogP contribution in [-0.4, -0.2) is 38.6 Å². The predicted molar refractivity (Wildman–Crippen MR) is 99.0 cm³/mol. The largest absolute Gasteiger partial charge is 0.479 e. The molecule has 2 aromatic heterocycles. The molecule has 27 heavy (non-hydrogen) atoms. The lowest BCUT2D eigenvalue weighted by Gasteiger charge is -2.29. The Bertz CT molecular complexity index is 891. The Balaban J connectivity index is 1.38. The van der Waals surface area contributed by atoms with Crippen LogP contribution in [0.3, 0.4) is 0 Å². The quantitative estimate of drug-likeness (QED) is 0.865. The lowest BCUT2D eigenvalue weighted by atomic mass is 9.91. The highest BCUT2D eigenvalue weighted by atomic mass is 16.5. The normalized spacial score (nSPS) is 22.4. The average molecular weight is 371 g/mol. The van der Waals surface area contributed by atoms with Gasteiger partial charge in [-0.2, -0.15) is 5.10 Å². The second-order valence-corrected chi connectivity index (χ2v) is 7.52. The van der Waals surface area contributed by atoms with Crippen molar-refractivity contribution in [2.75, 3.05) is 7.11 Å². The molecule has 4 rings (SSSR count). The van der Waals surface area contributed by atoms with E-state index in [4.69, 9.17) is 4.74 Å². The van der Waals surface area contributed by atoms with Gasteiger partial charge in [0.05, 0.1) is 18.8 Å². The van der Waals surface area contributed by atoms with Crippen LogP contribution in [0.15, 0.2) is 23.1 Å². The summed E-state index contributed by atoms with van der Waals surface area (Å²) in [6.07, 6.45) is 7.30. The van der Waals surface area contributed by atoms with Crippen LogP contribution in [-0.2, 0) is 7.05 Å². The second-order valence-electron chi connectivity index (χ2n) is 7.52. The number of carbonyl (C=O) groups is 1. The molecule has 2 aromatic rings. The van der Waals surface area contributed by atoms with Crippen LogP contribution < -0.4 is 15.6 Å². The lowest BCUT2D eigenvalue weighted by molar-refractivity contribution is 0.0918. The summed E-state index contributed by atoms with van der Waals surface area (Å²) >= 11 is 0. The molecule has 2 aliphatic carbocycles. The van der Waals surface area contributed by atoms with Crippen LogP contribution in [0.2, 0.25) is 0 Å². The van der Waals surface area contributed by atoms with Crippen molar-refractivity contribution in [3.63, 3.8) is 0 Å². The Hall–Kier alpha value is -2.64. The number of nitrogens with zero attached hydrogens (tertiary/aromatic N) is 4. The Morgan fingerprint density at radius 1 is 1.15 bits per heavy atom. The summed E-state index contributed by atoms with van der Waals surface area (Å²) in [6.45, 7) is 0. The van der Waals surface area contributed by atoms with Gasteiger partial charge >= 0.3 is 0 Å². The van der Waals surface area contributed by atoms with Crippen molar-refractivity contribution in [1.82, 2.24) is 24.9 Å². The minimum absolute atomic E-state index is 0.0352. The molecule has 0 aromatic carbocycles. The van der Waals surface area contributed by atoms with Crippen molar-refractivity contribution < 1.29 is 9.53 Å². The fourth-order valence-corrected chi connectivity index (χ4v) is 3.80. The molecule has 0 spiro atoms. The van der Waals surface area contributed by atoms with Gasteiger partial charge in [-0.15, -0.1) is 5.10 Å². The van der Waals surface area contributed by atoms with Gasteiger partial charge in [-0.25, -0.2) is 4.68 Å². The van der Waals surface area contributed by atoms with Crippen LogP contribution in [0.4, 0.5) is 0 Å². The molecule has 0 atom stereocenters. The average Bonchev–Trinajstić information content (AvgIpc) is 3.44. The highest BCUT2D eigenvalue weighted by Gasteiger charge is 2.29. The first kappa shape index (κ1) is 17.8. The first-order chi connectivity index (χ1) is 13.0. The molecule has 1 N–H and O–H groups in total. The Morgan fingerprint density at radius 2 is 1.89 bits per heavy atom. The second kappa shape index (κ2) is 7.17. The molecule has 0 radical (unpaired) electrons. The van der Waals surface area contributed by atoms with E-state index in [2.05, 4.69) is 15.5 Å². The molecular formula is C19H25N5O3. The molecular weight excluding hydrogens is 346 g/mol. The number of aryl methyl sites for hydroxylation is 1. The summed E-state index contributed by atoms with van der Waals surface area (Å²) in [5, 5.41) is 11.8. The molecule has 0 saturated heterocycles. The third-order valence-corrected chi connectivity index (χ3v) is 5.45. The first-order valence-electron chi connectivity index (χ1n) is 9.53. The topological polar surface area (TPSA) is 91.0 Å². The van der Waals surface area contributed by atoms with Crippen LogP contribution in [0.25, 0.3) is 0 Å². The minimum atomic E-state index is -0.172. The zero-order chi connectivity index (χ0) is 19.0. The van der Waals surface area contributed by atoms with E-state index in [-0.39, 0.29) is 23.6 Å². The van der Waals surface area contributed by atoms with Crippen LogP contribution in [0, 0.1) is 0 Å². The third kappa shape index (κ3) is 3.74. The van der Waals surface area contributed by atoms with Crippen molar-refractivity contribution in [2.24, 2.45) is 7.05 Å². The maximum absolute atomic E-state index is 12.5. The SMILES string of the molecule is COc1nn(C)cc1C(=O)NC1CCC(n2nc(C3CC3)ccc2=O)CC1. The zero-order valence-corrected chi connectivity index (χ0v) is 15.7. The van der Waals surface area contributed by atoms with Gasteiger partial charge < -0.3 is 10.1 Å². The highest BCUT2D eigenvalue weighted by Crippen LogP contribution is 2.38. The van der Waals surface area contributed by atoms with Gasteiger partial charge in [0.2, 0.25) is 5.88 Å². The Kier molecular flexibility index (Phi) is 4.72. The number of nitrogens with one attached hydrogen (secondary N) is 1. The minimum Gasteiger partial charge on any atom is -0.479 e. The molecule has 144 valence electrons. The number of aromatic nitrogens is 4. The van der Waals surface area contributed by atoms with Crippen molar-refractivity contribution >= 4 is 5.91 Å². The van der Waals surface area contributed by atoms with Gasteiger partial charge in [0.1, 0.15) is 5.56 Å². The van der Waals surface area contributed by atoms with E-state index in [9.17, 15) is 9.59 Å². The van der Waals surface area contributed by atoms with Gasteiger partial charge in [-0.05, 0) is 44.6 Å². The highest BCUT2D eigenvalue weighted by molar-refractivity contribution is 5.96. The van der Waals surface area contributed by atoms with Gasteiger partial charge in [0.25, 0.3) is 11.5 Å². The van der Waals surface area contributed by atoms with Crippen LogP contribution in [0.5, 0.6) is 5.88 Å². The molecule has 2 fully saturated rings. The Morgan fingerprint density at radius 3 is 2.56 bits per heavy atom. The number of hydrogen-bond acceptors (Lipinski definition) is 5. The van der Waals surface area contributed by atoms with Crippen molar-refractivity contribution in [1.29, 1.82) is 0 Å². The molecule has 0 aliphatic heterocycles. The van der Waals surface area contributed by atoms with Gasteiger partial charge in [-0.3, -0.25) is 14.3 Å². The fourth-order valence-electron chi connectivity index (χ4n) is 3.80. The molecule has 2 aliphatic rings. The van der Waals surface area contributed by atoms with Gasteiger partial charge in [0, 0.05) is 31.3 Å². The number of carbonyl (C=O) groups excluding carboxylic acids is 1. The number of hydrogen-bond donors (Lipinski definition) is 1. The summed E-state index contributed by atoms with van der Waals surface area (Å²) in [5.41, 5.74) is 1.44. The summed E-state index contributed by atoms with van der Waals surface area (Å²) in [4.78, 5) is 24.8. The molecule has 0 bridgehead atoms. The van der Waals surface area contributed by atoms with E-state index >= 15 is 0 Å². The summed E-state index contributed by atoms with van der Waals surface area (Å²) in [6, 6.07) is 3.70. The van der Waals surface area contributed by atoms with E-state index in [1.54, 1.807) is 28.7 Å². The van der Waals surface area contributed by atoms with Crippen molar-refractivity contribution in [3.8, 4) is 5.88 Å². The number of amides is 1. The molecule has 8 heteroatoms.